The van der Waals surface area contributed by atoms with E-state index in [0.717, 1.165) is 19.1 Å². The van der Waals surface area contributed by atoms with Gasteiger partial charge in [-0.05, 0) is 32.1 Å². The first-order chi connectivity index (χ1) is 4.58. The Morgan fingerprint density at radius 3 is 2.60 bits per heavy atom. The number of carbonyl (C=O) groups is 1. The summed E-state index contributed by atoms with van der Waals surface area (Å²) in [5.41, 5.74) is -0.646. The van der Waals surface area contributed by atoms with Crippen LogP contribution < -0.4 is 0 Å². The zero-order chi connectivity index (χ0) is 7.41. The van der Waals surface area contributed by atoms with Crippen LogP contribution in [-0.4, -0.2) is 17.0 Å². The maximum atomic E-state index is 10.5. The minimum absolute atomic E-state index is 0.0938. The molecule has 0 saturated heterocycles. The molecule has 1 N–H and O–H groups in total. The van der Waals surface area contributed by atoms with E-state index in [1.807, 2.05) is 6.92 Å². The fraction of sp³-hybridized carbons (Fsp3) is 0.875. The van der Waals surface area contributed by atoms with E-state index in [4.69, 9.17) is 0 Å². The summed E-state index contributed by atoms with van der Waals surface area (Å²) in [7, 11) is 0. The van der Waals surface area contributed by atoms with Gasteiger partial charge in [0.25, 0.3) is 0 Å². The average Bonchev–Trinajstić information content (AvgIpc) is 2.36. The van der Waals surface area contributed by atoms with Crippen molar-refractivity contribution in [1.82, 2.24) is 0 Å². The van der Waals surface area contributed by atoms with Crippen LogP contribution in [0.5, 0.6) is 0 Å². The molecule has 0 aromatic rings. The highest BCUT2D eigenvalue weighted by Crippen LogP contribution is 2.65. The summed E-state index contributed by atoms with van der Waals surface area (Å²) < 4.78 is 0. The van der Waals surface area contributed by atoms with Crippen molar-refractivity contribution < 1.29 is 9.90 Å². The SMILES string of the molecule is CC1(O)CC2CC2(C=O)C1. The molecule has 0 heterocycles. The first kappa shape index (κ1) is 6.35. The Bertz CT molecular complexity index is 186. The van der Waals surface area contributed by atoms with E-state index < -0.39 is 5.60 Å². The highest BCUT2D eigenvalue weighted by molar-refractivity contribution is 5.66. The number of rotatable bonds is 1. The highest BCUT2D eigenvalue weighted by Gasteiger charge is 2.63. The minimum atomic E-state index is -0.552. The zero-order valence-electron chi connectivity index (χ0n) is 6.13. The van der Waals surface area contributed by atoms with Gasteiger partial charge in [-0.1, -0.05) is 0 Å². The third kappa shape index (κ3) is 0.655. The molecule has 0 aliphatic heterocycles. The summed E-state index contributed by atoms with van der Waals surface area (Å²) in [6.07, 6.45) is 3.58. The second-order valence-corrected chi connectivity index (χ2v) is 4.13. The average molecular weight is 140 g/mol. The van der Waals surface area contributed by atoms with Crippen LogP contribution >= 0.6 is 0 Å². The summed E-state index contributed by atoms with van der Waals surface area (Å²) >= 11 is 0. The molecule has 0 aromatic carbocycles. The molecule has 0 radical (unpaired) electrons. The summed E-state index contributed by atoms with van der Waals surface area (Å²) in [5.74, 6) is 0.500. The fourth-order valence-corrected chi connectivity index (χ4v) is 2.39. The maximum absolute atomic E-state index is 10.5. The first-order valence-corrected chi connectivity index (χ1v) is 3.77. The lowest BCUT2D eigenvalue weighted by Crippen LogP contribution is -2.22. The largest absolute Gasteiger partial charge is 0.390 e. The summed E-state index contributed by atoms with van der Waals surface area (Å²) in [6, 6.07) is 0. The first-order valence-electron chi connectivity index (χ1n) is 3.77. The van der Waals surface area contributed by atoms with Gasteiger partial charge in [0.05, 0.1) is 5.60 Å². The van der Waals surface area contributed by atoms with Crippen LogP contribution in [0.2, 0.25) is 0 Å². The minimum Gasteiger partial charge on any atom is -0.390 e. The van der Waals surface area contributed by atoms with Gasteiger partial charge in [-0.2, -0.15) is 0 Å². The molecule has 2 aliphatic rings. The Kier molecular flexibility index (Phi) is 0.919. The van der Waals surface area contributed by atoms with Gasteiger partial charge in [0.15, 0.2) is 0 Å². The molecular formula is C8H12O2. The molecule has 2 heteroatoms. The predicted molar refractivity (Wildman–Crippen MR) is 36.5 cm³/mol. The van der Waals surface area contributed by atoms with Gasteiger partial charge in [0.2, 0.25) is 0 Å². The Balaban J connectivity index is 2.17. The third-order valence-electron chi connectivity index (χ3n) is 2.91. The van der Waals surface area contributed by atoms with E-state index >= 15 is 0 Å². The molecule has 3 unspecified atom stereocenters. The van der Waals surface area contributed by atoms with Gasteiger partial charge in [-0.15, -0.1) is 0 Å². The van der Waals surface area contributed by atoms with Crippen molar-refractivity contribution in [3.8, 4) is 0 Å². The van der Waals surface area contributed by atoms with Crippen molar-refractivity contribution in [2.45, 2.75) is 31.8 Å². The van der Waals surface area contributed by atoms with E-state index in [1.54, 1.807) is 0 Å². The van der Waals surface area contributed by atoms with Crippen molar-refractivity contribution in [2.24, 2.45) is 11.3 Å². The predicted octanol–water partition coefficient (Wildman–Crippen LogP) is 0.736. The molecule has 56 valence electrons. The van der Waals surface area contributed by atoms with Crippen molar-refractivity contribution >= 4 is 6.29 Å². The Labute approximate surface area is 60.2 Å². The topological polar surface area (TPSA) is 37.3 Å². The summed E-state index contributed by atoms with van der Waals surface area (Å²) in [5, 5.41) is 9.53. The number of aliphatic hydroxyl groups is 1. The van der Waals surface area contributed by atoms with Gasteiger partial charge in [0.1, 0.15) is 6.29 Å². The third-order valence-corrected chi connectivity index (χ3v) is 2.91. The number of aldehydes is 1. The van der Waals surface area contributed by atoms with Crippen molar-refractivity contribution in [1.29, 1.82) is 0 Å². The van der Waals surface area contributed by atoms with Crippen LogP contribution in [0, 0.1) is 11.3 Å². The molecule has 2 rings (SSSR count). The van der Waals surface area contributed by atoms with Crippen LogP contribution in [0.25, 0.3) is 0 Å². The lowest BCUT2D eigenvalue weighted by Gasteiger charge is -2.18. The maximum Gasteiger partial charge on any atom is 0.126 e. The Hall–Kier alpha value is -0.370. The van der Waals surface area contributed by atoms with Crippen LogP contribution in [-0.2, 0) is 4.79 Å². The molecule has 10 heavy (non-hydrogen) atoms. The lowest BCUT2D eigenvalue weighted by molar-refractivity contribution is -0.113. The summed E-state index contributed by atoms with van der Waals surface area (Å²) in [6.45, 7) is 1.82. The van der Waals surface area contributed by atoms with E-state index in [-0.39, 0.29) is 5.41 Å². The molecule has 0 amide bonds. The smallest absolute Gasteiger partial charge is 0.126 e. The molecule has 0 spiro atoms. The van der Waals surface area contributed by atoms with E-state index in [1.165, 1.54) is 0 Å². The monoisotopic (exact) mass is 140 g/mol. The van der Waals surface area contributed by atoms with Gasteiger partial charge in [0, 0.05) is 5.41 Å². The molecule has 2 aliphatic carbocycles. The number of fused-ring (bicyclic) bond motifs is 1. The molecular weight excluding hydrogens is 128 g/mol. The quantitative estimate of drug-likeness (QED) is 0.545. The van der Waals surface area contributed by atoms with E-state index in [9.17, 15) is 9.90 Å². The van der Waals surface area contributed by atoms with Crippen molar-refractivity contribution in [3.63, 3.8) is 0 Å². The number of carbonyl (C=O) groups excluding carboxylic acids is 1. The van der Waals surface area contributed by atoms with Crippen LogP contribution in [0.15, 0.2) is 0 Å². The number of hydrogen-bond acceptors (Lipinski definition) is 2. The van der Waals surface area contributed by atoms with E-state index in [0.29, 0.717) is 12.3 Å². The molecule has 0 aromatic heterocycles. The molecule has 0 bridgehead atoms. The van der Waals surface area contributed by atoms with Crippen LogP contribution in [0.1, 0.15) is 26.2 Å². The van der Waals surface area contributed by atoms with Gasteiger partial charge in [-0.3, -0.25) is 0 Å². The molecule has 2 fully saturated rings. The molecule has 3 atom stereocenters. The fourth-order valence-electron chi connectivity index (χ4n) is 2.39. The zero-order valence-corrected chi connectivity index (χ0v) is 6.13. The Morgan fingerprint density at radius 1 is 1.60 bits per heavy atom. The second kappa shape index (κ2) is 1.45. The van der Waals surface area contributed by atoms with Crippen molar-refractivity contribution in [2.75, 3.05) is 0 Å². The molecule has 2 saturated carbocycles. The van der Waals surface area contributed by atoms with Gasteiger partial charge in [-0.25, -0.2) is 0 Å². The molecule has 2 nitrogen and oxygen atoms in total. The van der Waals surface area contributed by atoms with Crippen LogP contribution in [0.3, 0.4) is 0 Å². The van der Waals surface area contributed by atoms with Crippen molar-refractivity contribution in [3.05, 3.63) is 0 Å². The van der Waals surface area contributed by atoms with Crippen LogP contribution in [0.4, 0.5) is 0 Å². The normalized spacial score (nSPS) is 58.0. The van der Waals surface area contributed by atoms with Gasteiger partial charge < -0.3 is 9.90 Å². The standard InChI is InChI=1S/C8H12O2/c1-7(10)2-6-3-8(6,4-7)5-9/h5-6,10H,2-4H2,1H3. The van der Waals surface area contributed by atoms with E-state index in [2.05, 4.69) is 0 Å². The summed E-state index contributed by atoms with van der Waals surface area (Å²) in [4.78, 5) is 10.5. The highest BCUT2D eigenvalue weighted by atomic mass is 16.3. The lowest BCUT2D eigenvalue weighted by atomic mass is 9.96. The number of hydrogen-bond donors (Lipinski definition) is 1. The second-order valence-electron chi connectivity index (χ2n) is 4.13. The Morgan fingerprint density at radius 2 is 2.30 bits per heavy atom. The van der Waals surface area contributed by atoms with Gasteiger partial charge >= 0.3 is 0 Å².